The van der Waals surface area contributed by atoms with E-state index in [1.54, 1.807) is 0 Å². The van der Waals surface area contributed by atoms with Gasteiger partial charge in [-0.15, -0.1) is 0 Å². The Kier molecular flexibility index (Phi) is 4.11. The first-order valence-corrected chi connectivity index (χ1v) is 6.72. The Labute approximate surface area is 102 Å². The van der Waals surface area contributed by atoms with Crippen LogP contribution in [0.1, 0.15) is 5.56 Å². The van der Waals surface area contributed by atoms with Gasteiger partial charge in [-0.25, -0.2) is 9.00 Å². The molecule has 6 nitrogen and oxygen atoms in total. The average molecular weight is 281 g/mol. The molecular weight excluding hydrogens is 272 g/mol. The van der Waals surface area contributed by atoms with Gasteiger partial charge in [-0.1, -0.05) is 6.07 Å². The summed E-state index contributed by atoms with van der Waals surface area (Å²) < 4.78 is 23.0. The Balaban J connectivity index is 2.74. The number of carbonyl (C=O) groups is 1. The smallest absolute Gasteiger partial charge is 0.345 e. The van der Waals surface area contributed by atoms with Crippen LogP contribution in [0.25, 0.3) is 6.08 Å². The second-order valence-electron chi connectivity index (χ2n) is 2.94. The Bertz CT molecular complexity index is 506. The third-order valence-electron chi connectivity index (χ3n) is 1.61. The van der Waals surface area contributed by atoms with Crippen molar-refractivity contribution in [3.63, 3.8) is 0 Å². The first-order valence-electron chi connectivity index (χ1n) is 4.24. The van der Waals surface area contributed by atoms with Crippen LogP contribution in [0.5, 0.6) is 11.5 Å². The first-order chi connectivity index (χ1) is 7.78. The molecule has 0 aliphatic rings. The van der Waals surface area contributed by atoms with Crippen LogP contribution in [-0.2, 0) is 18.7 Å². The molecule has 0 radical (unpaired) electrons. The zero-order chi connectivity index (χ0) is 13.1. The van der Waals surface area contributed by atoms with Gasteiger partial charge in [-0.05, 0) is 23.8 Å². The molecule has 0 fully saturated rings. The minimum absolute atomic E-state index is 0.301. The van der Waals surface area contributed by atoms with Gasteiger partial charge in [0.05, 0.1) is 0 Å². The van der Waals surface area contributed by atoms with Crippen LogP contribution in [0.15, 0.2) is 24.3 Å². The molecule has 0 saturated carbocycles. The van der Waals surface area contributed by atoms with E-state index in [1.807, 2.05) is 0 Å². The molecule has 0 bridgehead atoms. The van der Waals surface area contributed by atoms with E-state index in [9.17, 15) is 9.00 Å². The lowest BCUT2D eigenvalue weighted by molar-refractivity contribution is -0.128. The Morgan fingerprint density at radius 2 is 2.00 bits per heavy atom. The summed E-state index contributed by atoms with van der Waals surface area (Å²) in [5, 5.41) is 18.2. The van der Waals surface area contributed by atoms with E-state index in [1.165, 1.54) is 24.3 Å². The Hall–Kier alpha value is -1.57. The van der Waals surface area contributed by atoms with Crippen molar-refractivity contribution >= 4 is 32.4 Å². The number of rotatable bonds is 3. The molecule has 0 unspecified atom stereocenters. The molecule has 17 heavy (non-hydrogen) atoms. The summed E-state index contributed by atoms with van der Waals surface area (Å²) in [6.07, 6.45) is 2.07. The van der Waals surface area contributed by atoms with Crippen LogP contribution in [0.3, 0.4) is 0 Å². The van der Waals surface area contributed by atoms with Crippen molar-refractivity contribution in [1.29, 1.82) is 0 Å². The van der Waals surface area contributed by atoms with Gasteiger partial charge >= 0.3 is 5.97 Å². The number of aromatic hydroxyl groups is 2. The quantitative estimate of drug-likeness (QED) is 0.287. The molecular formula is C9H9ClO6S. The number of phenolic OH excluding ortho intramolecular Hbond substituents is 2. The standard InChI is InChI=1S/C9H9ClO6S/c10-17(14,15)16-9(13)4-2-6-1-3-7(11)8(12)5-6/h1-5,11-12,17H,(H,14,15). The van der Waals surface area contributed by atoms with E-state index in [0.717, 1.165) is 6.08 Å². The third-order valence-corrected chi connectivity index (χ3v) is 2.23. The Morgan fingerprint density at radius 3 is 2.53 bits per heavy atom. The van der Waals surface area contributed by atoms with Crippen LogP contribution in [0.2, 0.25) is 0 Å². The lowest BCUT2D eigenvalue weighted by Crippen LogP contribution is -2.10. The summed E-state index contributed by atoms with van der Waals surface area (Å²) >= 11 is 0. The van der Waals surface area contributed by atoms with Gasteiger partial charge in [0.25, 0.3) is 0 Å². The summed E-state index contributed by atoms with van der Waals surface area (Å²) in [6, 6.07) is 3.83. The summed E-state index contributed by atoms with van der Waals surface area (Å²) in [7, 11) is 0.438. The van der Waals surface area contributed by atoms with E-state index in [2.05, 4.69) is 4.18 Å². The molecule has 1 aromatic rings. The van der Waals surface area contributed by atoms with Crippen LogP contribution >= 0.6 is 10.7 Å². The molecule has 8 heteroatoms. The van der Waals surface area contributed by atoms with Crippen LogP contribution in [0.4, 0.5) is 0 Å². The largest absolute Gasteiger partial charge is 0.504 e. The molecule has 0 aliphatic heterocycles. The molecule has 1 rings (SSSR count). The van der Waals surface area contributed by atoms with Gasteiger partial charge in [0, 0.05) is 16.8 Å². The predicted octanol–water partition coefficient (Wildman–Crippen LogP) is 1.21. The zero-order valence-electron chi connectivity index (χ0n) is 8.28. The number of hydrogen-bond acceptors (Lipinski definition) is 5. The molecule has 0 aromatic heterocycles. The highest BCUT2D eigenvalue weighted by Crippen LogP contribution is 2.25. The van der Waals surface area contributed by atoms with Crippen molar-refractivity contribution in [2.75, 3.05) is 0 Å². The maximum Gasteiger partial charge on any atom is 0.345 e. The molecule has 0 heterocycles. The number of benzene rings is 1. The minimum Gasteiger partial charge on any atom is -0.504 e. The molecule has 0 spiro atoms. The van der Waals surface area contributed by atoms with Crippen LogP contribution < -0.4 is 0 Å². The predicted molar refractivity (Wildman–Crippen MR) is 62.9 cm³/mol. The summed E-state index contributed by atoms with van der Waals surface area (Å²) in [5.41, 5.74) is 0.389. The normalized spacial score (nSPS) is 12.6. The van der Waals surface area contributed by atoms with Crippen molar-refractivity contribution in [3.8, 4) is 11.5 Å². The van der Waals surface area contributed by atoms with Gasteiger partial charge in [0.1, 0.15) is 0 Å². The van der Waals surface area contributed by atoms with Crippen molar-refractivity contribution in [2.24, 2.45) is 0 Å². The monoisotopic (exact) mass is 280 g/mol. The summed E-state index contributed by atoms with van der Waals surface area (Å²) in [4.78, 5) is 10.9. The van der Waals surface area contributed by atoms with E-state index >= 15 is 0 Å². The second-order valence-corrected chi connectivity index (χ2v) is 5.31. The topological polar surface area (TPSA) is 104 Å². The zero-order valence-corrected chi connectivity index (χ0v) is 9.93. The molecule has 0 aliphatic carbocycles. The summed E-state index contributed by atoms with van der Waals surface area (Å²) in [5.74, 6) is -1.76. The fourth-order valence-corrected chi connectivity index (χ4v) is 1.44. The Morgan fingerprint density at radius 1 is 1.35 bits per heavy atom. The van der Waals surface area contributed by atoms with Crippen LogP contribution in [-0.4, -0.2) is 24.9 Å². The van der Waals surface area contributed by atoms with E-state index < -0.39 is 15.7 Å². The number of hydrogen-bond donors (Lipinski definition) is 4. The number of carbonyl (C=O) groups excluding carboxylic acids is 1. The fraction of sp³-hybridized carbons (Fsp3) is 0. The van der Waals surface area contributed by atoms with E-state index in [0.29, 0.717) is 5.56 Å². The van der Waals surface area contributed by atoms with E-state index in [-0.39, 0.29) is 11.5 Å². The fourth-order valence-electron chi connectivity index (χ4n) is 0.950. The second kappa shape index (κ2) is 5.17. The van der Waals surface area contributed by atoms with Gasteiger partial charge in [0.15, 0.2) is 21.2 Å². The number of thiol groups is 1. The van der Waals surface area contributed by atoms with E-state index in [4.69, 9.17) is 25.4 Å². The maximum atomic E-state index is 10.9. The van der Waals surface area contributed by atoms with Gasteiger partial charge in [0.2, 0.25) is 0 Å². The molecule has 0 atom stereocenters. The van der Waals surface area contributed by atoms with Crippen LogP contribution in [0, 0.1) is 0 Å². The van der Waals surface area contributed by atoms with Crippen molar-refractivity contribution in [1.82, 2.24) is 0 Å². The maximum absolute atomic E-state index is 10.9. The highest BCUT2D eigenvalue weighted by molar-refractivity contribution is 8.15. The van der Waals surface area contributed by atoms with Gasteiger partial charge < -0.3 is 14.4 Å². The number of phenols is 2. The third kappa shape index (κ3) is 4.85. The number of halogens is 1. The SMILES string of the molecule is O=C(C=Cc1ccc(O)c(O)c1)O[SH](=O)(O)Cl. The minimum atomic E-state index is -4.38. The molecule has 3 N–H and O–H groups in total. The average Bonchev–Trinajstić information content (AvgIpc) is 2.17. The molecule has 0 saturated heterocycles. The summed E-state index contributed by atoms with van der Waals surface area (Å²) in [6.45, 7) is 0. The van der Waals surface area contributed by atoms with Crippen molar-refractivity contribution in [2.45, 2.75) is 0 Å². The first kappa shape index (κ1) is 13.5. The molecule has 0 amide bonds. The lowest BCUT2D eigenvalue weighted by Gasteiger charge is -2.07. The molecule has 1 aromatic carbocycles. The van der Waals surface area contributed by atoms with Crippen molar-refractivity contribution in [3.05, 3.63) is 29.8 Å². The lowest BCUT2D eigenvalue weighted by atomic mass is 10.2. The molecule has 94 valence electrons. The van der Waals surface area contributed by atoms with Gasteiger partial charge in [-0.3, -0.25) is 4.55 Å². The van der Waals surface area contributed by atoms with Gasteiger partial charge in [-0.2, -0.15) is 0 Å². The highest BCUT2D eigenvalue weighted by atomic mass is 35.7. The highest BCUT2D eigenvalue weighted by Gasteiger charge is 2.08. The van der Waals surface area contributed by atoms with Crippen molar-refractivity contribution < 1.29 is 28.0 Å².